The van der Waals surface area contributed by atoms with Crippen LogP contribution in [0.4, 0.5) is 32.9 Å². The van der Waals surface area contributed by atoms with E-state index in [1.807, 2.05) is 20.8 Å². The SMILES string of the molecule is CC(C)(C)OC(=O)N[C@@H](CC[C@H]1CCCS1)C(=O)O[C@H]1[C@@H](O)[C@H](n2cnc3c(N)ncnc32)O[C@@H]1CO[P+](O)(O)O[C@H]1C[C@H](n2ccc(N)nc2=O)O[C@@H]1COP(=O)(O)O.C[C@@H](CC[C@H]1CN(C(=O)OC(C)(C)C)CS1)C(=O)OCC#N.Nc1ccn([C@H]2C[C@H](O[P+](O)(O)OC[C@H]3O[C@@H](n4cnc5c(N)ncnc54)[C@H](O)[C@@H]3O)[C@@H](COP(=O)(O)O)O2)c(=O)n1. The molecule has 12 rings (SSSR count). The van der Waals surface area contributed by atoms with Gasteiger partial charge in [-0.1, -0.05) is 6.92 Å². The molecule has 6 aromatic rings. The van der Waals surface area contributed by atoms with Crippen LogP contribution in [0.5, 0.6) is 0 Å². The Kier molecular flexibility index (Phi) is 33.3. The Hall–Kier alpha value is -7.79. The van der Waals surface area contributed by atoms with Crippen molar-refractivity contribution in [2.75, 3.05) is 74.1 Å². The van der Waals surface area contributed by atoms with Crippen molar-refractivity contribution in [1.29, 1.82) is 5.26 Å². The van der Waals surface area contributed by atoms with Crippen LogP contribution in [0.3, 0.4) is 0 Å². The van der Waals surface area contributed by atoms with E-state index in [-0.39, 0.29) is 94.7 Å². The summed E-state index contributed by atoms with van der Waals surface area (Å²) in [6, 6.07) is 3.16. The molecule has 52 nitrogen and oxygen atoms in total. The molecule has 0 saturated carbocycles. The Morgan fingerprint density at radius 2 is 1.15 bits per heavy atom. The van der Waals surface area contributed by atoms with Gasteiger partial charge in [-0.2, -0.15) is 55.6 Å². The number of esters is 2. The van der Waals surface area contributed by atoms with Crippen LogP contribution in [0.25, 0.3) is 22.3 Å². The van der Waals surface area contributed by atoms with Crippen LogP contribution in [0.15, 0.2) is 59.4 Å². The summed E-state index contributed by atoms with van der Waals surface area (Å²) in [6.07, 6.45) is -9.51. The van der Waals surface area contributed by atoms with Gasteiger partial charge in [0.1, 0.15) is 139 Å². The van der Waals surface area contributed by atoms with Crippen molar-refractivity contribution < 1.29 is 148 Å². The second-order valence-electron chi connectivity index (χ2n) is 30.7. The quantitative estimate of drug-likeness (QED) is 0.0161. The number of nitrogens with one attached hydrogen (secondary N) is 1. The number of imidazole rings is 2. The van der Waals surface area contributed by atoms with E-state index in [2.05, 4.69) is 54.2 Å². The smallest absolute Gasteiger partial charge is 0.455 e. The fourth-order valence-electron chi connectivity index (χ4n) is 13.2. The first kappa shape index (κ1) is 98.4. The average molecular weight is 1870 g/mol. The molecule has 0 unspecified atom stereocenters. The van der Waals surface area contributed by atoms with E-state index >= 15 is 0 Å². The van der Waals surface area contributed by atoms with Gasteiger partial charge in [-0.25, -0.2) is 63.0 Å². The van der Waals surface area contributed by atoms with E-state index in [0.717, 1.165) is 40.5 Å². The van der Waals surface area contributed by atoms with Gasteiger partial charge in [0.25, 0.3) is 0 Å². The number of ether oxygens (including phenoxy) is 8. The molecular weight excluding hydrogens is 1770 g/mol. The number of phosphoric ester groups is 2. The zero-order chi connectivity index (χ0) is 90.7. The fourth-order valence-corrected chi connectivity index (χ4v) is 18.3. The van der Waals surface area contributed by atoms with Crippen molar-refractivity contribution in [3.63, 3.8) is 0 Å². The number of aliphatic hydroxyl groups is 3. The van der Waals surface area contributed by atoms with Gasteiger partial charge in [0.15, 0.2) is 48.1 Å². The summed E-state index contributed by atoms with van der Waals surface area (Å²) in [6.45, 7) is 9.70. The topological polar surface area (TPSA) is 754 Å². The summed E-state index contributed by atoms with van der Waals surface area (Å²) in [4.78, 5) is 188. The Morgan fingerprint density at radius 1 is 0.645 bits per heavy atom. The third-order valence-electron chi connectivity index (χ3n) is 19.0. The molecular formula is C66H99N19O33P4S2+2. The number of alkyl carbamates (subject to hydrolysis) is 1. The predicted molar refractivity (Wildman–Crippen MR) is 430 cm³/mol. The highest BCUT2D eigenvalue weighted by Gasteiger charge is 2.57. The number of amides is 2. The lowest BCUT2D eigenvalue weighted by molar-refractivity contribution is -0.159. The van der Waals surface area contributed by atoms with Crippen LogP contribution >= 0.6 is 55.5 Å². The molecule has 0 radical (unpaired) electrons. The lowest BCUT2D eigenvalue weighted by atomic mass is 10.0. The van der Waals surface area contributed by atoms with Crippen molar-refractivity contribution in [2.45, 2.75) is 214 Å². The lowest BCUT2D eigenvalue weighted by Crippen LogP contribution is -2.48. The fraction of sp³-hybridized carbons (Fsp3) is 0.652. The number of rotatable bonds is 31. The number of nitrogen functional groups attached to an aromatic ring is 4. The molecule has 124 heavy (non-hydrogen) atoms. The normalized spacial score (nSPS) is 26.0. The molecule has 18 atom stereocenters. The summed E-state index contributed by atoms with van der Waals surface area (Å²) in [5.74, 6) is 0.0173. The van der Waals surface area contributed by atoms with E-state index in [0.29, 0.717) is 30.5 Å². The molecule has 6 saturated heterocycles. The molecule has 0 aliphatic carbocycles. The van der Waals surface area contributed by atoms with Gasteiger partial charge in [0.05, 0.1) is 37.7 Å². The maximum atomic E-state index is 13.9. The average Bonchev–Trinajstić information content (AvgIpc) is 1.62. The minimum Gasteiger partial charge on any atom is -0.455 e. The number of nitrogens with zero attached hydrogens (tertiary/aromatic N) is 14. The zero-order valence-corrected chi connectivity index (χ0v) is 72.6. The van der Waals surface area contributed by atoms with E-state index in [1.54, 1.807) is 62.2 Å². The van der Waals surface area contributed by atoms with Gasteiger partial charge < -0.3 is 101 Å². The lowest BCUT2D eigenvalue weighted by Gasteiger charge is -2.26. The summed E-state index contributed by atoms with van der Waals surface area (Å²) in [5.41, 5.74) is 20.6. The number of hydrogen-bond acceptors (Lipinski definition) is 44. The van der Waals surface area contributed by atoms with Crippen molar-refractivity contribution in [2.24, 2.45) is 5.92 Å². The van der Waals surface area contributed by atoms with Crippen molar-refractivity contribution in [3.8, 4) is 6.07 Å². The highest BCUT2D eigenvalue weighted by atomic mass is 32.2. The predicted octanol–water partition coefficient (Wildman–Crippen LogP) is 0.555. The molecule has 6 aromatic heterocycles. The number of fused-ring (bicyclic) bond motifs is 2. The number of nitrogens with two attached hydrogens (primary N) is 4. The number of aliphatic hydroxyl groups excluding tert-OH is 3. The van der Waals surface area contributed by atoms with Crippen LogP contribution in [0.2, 0.25) is 0 Å². The Balaban J connectivity index is 0.000000217. The number of carbonyl (C=O) groups is 4. The van der Waals surface area contributed by atoms with E-state index in [9.17, 15) is 82.6 Å². The molecule has 0 aromatic carbocycles. The van der Waals surface area contributed by atoms with Crippen LogP contribution < -0.4 is 39.6 Å². The Bertz CT molecular complexity index is 4940. The number of phosphoric acid groups is 2. The standard InChI is InChI=1S/C32H47N9O16P2S.C19H26N8O13P2.C15H24N2O4S/c1-32(2,3)56-31(45)38-17(7-6-16-5-4-10-60-16)29(43)55-25-20(54-28(24(25)42)41-15-37-23-26(34)35-14-36-27(23)41)13-52-59(49,50)57-18-11-22(40-9-8-21(33)39-30(40)44)53-19(18)12-51-58(46,47)48;20-11-1-2-26(19(30)25-11)12-3-8(9(38-12)4-36-41(31,32)33)40-42(34,35)37-5-10-14(28)15(29)18(39-10)27-7-24-13-16(21)22-6-23-17(13)27;1-11(13(18)20-8-7-16)5-6-12-9-17(10-22-12)14(19)21-15(2,3)4/h8-9,14-20,22,24-25,28,42,49-50H,4-7,10-13H2,1-3H3,(H6-,33,34,35,36,38,39,44,45,46,47,48);1-2,6-10,12,14-15,18,28-29,34-35H,3-5H2,(H5-,20,21,22,23,25,30,31,32,33);11-12H,5-6,8-10H2,1-4H3/p+2/t16-,17+,18+,19-,20-,22-,24-,25-,28-;8-,9+,10+,12+,14+,15+,18+;11-,12-/m100/s1. The summed E-state index contributed by atoms with van der Waals surface area (Å²) < 4.78 is 102. The van der Waals surface area contributed by atoms with Crippen LogP contribution in [-0.2, 0) is 83.8 Å². The molecule has 12 heterocycles. The van der Waals surface area contributed by atoms with Crippen LogP contribution in [-0.4, -0.2) is 282 Å². The van der Waals surface area contributed by atoms with Gasteiger partial charge in [0, 0.05) is 42.3 Å². The van der Waals surface area contributed by atoms with Crippen LogP contribution in [0.1, 0.15) is 125 Å². The third kappa shape index (κ3) is 27.6. The third-order valence-corrected chi connectivity index (χ3v) is 24.8. The van der Waals surface area contributed by atoms with Gasteiger partial charge in [-0.05, 0) is 98.0 Å². The molecule has 686 valence electrons. The molecule has 6 fully saturated rings. The molecule has 2 amide bonds. The highest BCUT2D eigenvalue weighted by molar-refractivity contribution is 8.00. The van der Waals surface area contributed by atoms with E-state index in [1.165, 1.54) is 52.6 Å². The van der Waals surface area contributed by atoms with Crippen molar-refractivity contribution >= 4 is 125 Å². The second-order valence-corrected chi connectivity index (χ2v) is 38.7. The van der Waals surface area contributed by atoms with Crippen LogP contribution in [0, 0.1) is 17.2 Å². The summed E-state index contributed by atoms with van der Waals surface area (Å²) >= 11 is 3.45. The molecule has 58 heteroatoms. The molecule has 0 spiro atoms. The number of carbonyl (C=O) groups excluding carboxylic acids is 4. The van der Waals surface area contributed by atoms with Gasteiger partial charge >= 0.3 is 67.5 Å². The summed E-state index contributed by atoms with van der Waals surface area (Å²) in [7, 11) is -19.7. The maximum absolute atomic E-state index is 13.9. The van der Waals surface area contributed by atoms with Gasteiger partial charge in [0.2, 0.25) is 0 Å². The van der Waals surface area contributed by atoms with Crippen molar-refractivity contribution in [3.05, 3.63) is 70.8 Å². The summed E-state index contributed by atoms with van der Waals surface area (Å²) in [5, 5.41) is 44.3. The largest absolute Gasteiger partial charge is 0.570 e. The highest BCUT2D eigenvalue weighted by Crippen LogP contribution is 2.58. The van der Waals surface area contributed by atoms with E-state index < -0.39 is 185 Å². The number of aromatic nitrogens is 12. The number of anilines is 4. The monoisotopic (exact) mass is 1870 g/mol. The number of nitriles is 1. The number of thioether (sulfide) groups is 2. The Labute approximate surface area is 713 Å². The first-order valence-corrected chi connectivity index (χ1v) is 46.2. The minimum absolute atomic E-state index is 0.0260. The molecule has 0 bridgehead atoms. The first-order valence-electron chi connectivity index (χ1n) is 38.0. The van der Waals surface area contributed by atoms with E-state index in [4.69, 9.17) is 94.0 Å². The minimum atomic E-state index is -5.05. The number of hydrogen-bond donors (Lipinski definition) is 16. The Morgan fingerprint density at radius 3 is 1.63 bits per heavy atom. The van der Waals surface area contributed by atoms with Crippen molar-refractivity contribution in [1.82, 2.24) is 68.4 Å². The first-order chi connectivity index (χ1) is 58.1. The van der Waals surface area contributed by atoms with Gasteiger partial charge in [-0.15, -0.1) is 20.8 Å². The molecule has 20 N–H and O–H groups in total. The molecule has 6 aliphatic rings. The van der Waals surface area contributed by atoms with Gasteiger partial charge in [-0.3, -0.25) is 37.0 Å². The zero-order valence-electron chi connectivity index (χ0n) is 67.4. The second kappa shape index (κ2) is 42.0. The molecule has 6 aliphatic heterocycles. The maximum Gasteiger partial charge on any atom is 0.570 e.